The molecule has 0 aliphatic heterocycles. The lowest BCUT2D eigenvalue weighted by Crippen LogP contribution is -2.46. The van der Waals surface area contributed by atoms with Crippen molar-refractivity contribution in [3.8, 4) is 0 Å². The van der Waals surface area contributed by atoms with Crippen molar-refractivity contribution in [2.45, 2.75) is 45.7 Å². The lowest BCUT2D eigenvalue weighted by molar-refractivity contribution is -0.141. The van der Waals surface area contributed by atoms with Gasteiger partial charge in [-0.25, -0.2) is 0 Å². The lowest BCUT2D eigenvalue weighted by atomic mass is 10.2. The molecule has 2 atom stereocenters. The molecule has 0 spiro atoms. The van der Waals surface area contributed by atoms with Crippen molar-refractivity contribution in [2.75, 3.05) is 20.7 Å². The van der Waals surface area contributed by atoms with Gasteiger partial charge in [-0.2, -0.15) is 0 Å². The van der Waals surface area contributed by atoms with Crippen LogP contribution in [-0.2, 0) is 14.3 Å². The summed E-state index contributed by atoms with van der Waals surface area (Å²) in [5.74, 6) is -0.266. The van der Waals surface area contributed by atoms with Gasteiger partial charge in [-0.3, -0.25) is 14.5 Å². The van der Waals surface area contributed by atoms with Crippen LogP contribution in [0.4, 0.5) is 0 Å². The maximum absolute atomic E-state index is 11.8. The summed E-state index contributed by atoms with van der Waals surface area (Å²) in [7, 11) is 3.19. The van der Waals surface area contributed by atoms with Gasteiger partial charge >= 0.3 is 5.97 Å². The second-order valence-electron chi connectivity index (χ2n) is 4.30. The van der Waals surface area contributed by atoms with Crippen molar-refractivity contribution < 1.29 is 14.3 Å². The molecule has 0 saturated heterocycles. The summed E-state index contributed by atoms with van der Waals surface area (Å²) in [6, 6.07) is -0.0624. The van der Waals surface area contributed by atoms with E-state index in [4.69, 9.17) is 0 Å². The highest BCUT2D eigenvalue weighted by Gasteiger charge is 2.19. The molecule has 0 rings (SSSR count). The first-order valence-corrected chi connectivity index (χ1v) is 5.99. The third-order valence-electron chi connectivity index (χ3n) is 2.94. The van der Waals surface area contributed by atoms with Gasteiger partial charge in [-0.15, -0.1) is 0 Å². The number of amides is 1. The van der Waals surface area contributed by atoms with Gasteiger partial charge in [0.15, 0.2) is 0 Å². The zero-order chi connectivity index (χ0) is 13.4. The fraction of sp³-hybridized carbons (Fsp3) is 0.833. The average Bonchev–Trinajstić information content (AvgIpc) is 2.33. The fourth-order valence-corrected chi connectivity index (χ4v) is 1.23. The monoisotopic (exact) mass is 244 g/mol. The largest absolute Gasteiger partial charge is 0.469 e. The van der Waals surface area contributed by atoms with Crippen LogP contribution in [0.5, 0.6) is 0 Å². The minimum Gasteiger partial charge on any atom is -0.469 e. The van der Waals surface area contributed by atoms with Crippen molar-refractivity contribution in [3.63, 3.8) is 0 Å². The number of methoxy groups -OCH3 is 1. The zero-order valence-electron chi connectivity index (χ0n) is 11.4. The lowest BCUT2D eigenvalue weighted by Gasteiger charge is -2.24. The summed E-state index contributed by atoms with van der Waals surface area (Å²) in [5.41, 5.74) is 0. The normalized spacial score (nSPS) is 14.2. The second kappa shape index (κ2) is 8.06. The zero-order valence-corrected chi connectivity index (χ0v) is 11.4. The SMILES string of the molecule is CCC(C)NC(=O)C(C)N(C)CCC(=O)OC. The molecular weight excluding hydrogens is 220 g/mol. The maximum Gasteiger partial charge on any atom is 0.306 e. The number of hydrogen-bond acceptors (Lipinski definition) is 4. The van der Waals surface area contributed by atoms with Crippen molar-refractivity contribution in [1.82, 2.24) is 10.2 Å². The van der Waals surface area contributed by atoms with E-state index in [1.165, 1.54) is 7.11 Å². The smallest absolute Gasteiger partial charge is 0.306 e. The third kappa shape index (κ3) is 6.26. The van der Waals surface area contributed by atoms with E-state index >= 15 is 0 Å². The Balaban J connectivity index is 4.06. The van der Waals surface area contributed by atoms with Crippen LogP contribution < -0.4 is 5.32 Å². The molecule has 0 bridgehead atoms. The molecule has 0 radical (unpaired) electrons. The molecule has 1 N–H and O–H groups in total. The molecule has 0 aromatic carbocycles. The van der Waals surface area contributed by atoms with Crippen LogP contribution in [0.3, 0.4) is 0 Å². The first kappa shape index (κ1) is 15.9. The first-order valence-electron chi connectivity index (χ1n) is 5.99. The minimum atomic E-state index is -0.258. The number of rotatable bonds is 7. The Labute approximate surface area is 103 Å². The van der Waals surface area contributed by atoms with Gasteiger partial charge in [0.2, 0.25) is 5.91 Å². The predicted octanol–water partition coefficient (Wildman–Crippen LogP) is 0.785. The highest BCUT2D eigenvalue weighted by atomic mass is 16.5. The molecule has 2 unspecified atom stereocenters. The van der Waals surface area contributed by atoms with E-state index in [9.17, 15) is 9.59 Å². The highest BCUT2D eigenvalue weighted by Crippen LogP contribution is 2.00. The van der Waals surface area contributed by atoms with Gasteiger partial charge in [0.1, 0.15) is 0 Å². The number of nitrogens with one attached hydrogen (secondary N) is 1. The summed E-state index contributed by atoms with van der Waals surface area (Å²) in [6.45, 7) is 6.34. The summed E-state index contributed by atoms with van der Waals surface area (Å²) in [6.07, 6.45) is 1.21. The van der Waals surface area contributed by atoms with E-state index in [1.54, 1.807) is 0 Å². The molecular formula is C12H24N2O3. The Morgan fingerprint density at radius 1 is 1.35 bits per heavy atom. The highest BCUT2D eigenvalue weighted by molar-refractivity contribution is 5.81. The molecule has 0 fully saturated rings. The van der Waals surface area contributed by atoms with E-state index in [2.05, 4.69) is 10.1 Å². The van der Waals surface area contributed by atoms with Crippen molar-refractivity contribution in [1.29, 1.82) is 0 Å². The topological polar surface area (TPSA) is 58.6 Å². The van der Waals surface area contributed by atoms with E-state index in [0.717, 1.165) is 6.42 Å². The predicted molar refractivity (Wildman–Crippen MR) is 66.6 cm³/mol. The number of carbonyl (C=O) groups excluding carboxylic acids is 2. The molecule has 5 heteroatoms. The quantitative estimate of drug-likeness (QED) is 0.673. The number of esters is 1. The second-order valence-corrected chi connectivity index (χ2v) is 4.30. The van der Waals surface area contributed by atoms with Crippen molar-refractivity contribution in [2.24, 2.45) is 0 Å². The Bertz CT molecular complexity index is 256. The van der Waals surface area contributed by atoms with Gasteiger partial charge in [0.05, 0.1) is 19.6 Å². The van der Waals surface area contributed by atoms with Crippen LogP contribution in [0.2, 0.25) is 0 Å². The fourth-order valence-electron chi connectivity index (χ4n) is 1.23. The number of ether oxygens (including phenoxy) is 1. The van der Waals surface area contributed by atoms with Gasteiger partial charge in [-0.1, -0.05) is 6.92 Å². The molecule has 0 aliphatic rings. The average molecular weight is 244 g/mol. The number of carbonyl (C=O) groups is 2. The van der Waals surface area contributed by atoms with E-state index in [-0.39, 0.29) is 24.0 Å². The number of likely N-dealkylation sites (N-methyl/N-ethyl adjacent to an activating group) is 1. The van der Waals surface area contributed by atoms with Crippen LogP contribution in [0.15, 0.2) is 0 Å². The molecule has 0 heterocycles. The van der Waals surface area contributed by atoms with E-state index in [0.29, 0.717) is 13.0 Å². The van der Waals surface area contributed by atoms with Gasteiger partial charge < -0.3 is 10.1 Å². The molecule has 0 aromatic heterocycles. The minimum absolute atomic E-state index is 0.00767. The van der Waals surface area contributed by atoms with Crippen LogP contribution in [0.25, 0.3) is 0 Å². The summed E-state index contributed by atoms with van der Waals surface area (Å²) in [5, 5.41) is 2.92. The summed E-state index contributed by atoms with van der Waals surface area (Å²) in [4.78, 5) is 24.6. The van der Waals surface area contributed by atoms with Crippen LogP contribution >= 0.6 is 0 Å². The summed E-state index contributed by atoms with van der Waals surface area (Å²) >= 11 is 0. The molecule has 5 nitrogen and oxygen atoms in total. The first-order chi connectivity index (χ1) is 7.92. The molecule has 0 aromatic rings. The van der Waals surface area contributed by atoms with E-state index < -0.39 is 0 Å². The third-order valence-corrected chi connectivity index (χ3v) is 2.94. The van der Waals surface area contributed by atoms with Crippen LogP contribution in [-0.4, -0.2) is 49.6 Å². The number of nitrogens with zero attached hydrogens (tertiary/aromatic N) is 1. The molecule has 0 saturated carbocycles. The summed E-state index contributed by atoms with van der Waals surface area (Å²) < 4.78 is 4.56. The maximum atomic E-state index is 11.8. The van der Waals surface area contributed by atoms with Crippen LogP contribution in [0.1, 0.15) is 33.6 Å². The molecule has 17 heavy (non-hydrogen) atoms. The Kier molecular flexibility index (Phi) is 7.54. The molecule has 100 valence electrons. The van der Waals surface area contributed by atoms with Gasteiger partial charge in [0.25, 0.3) is 0 Å². The Morgan fingerprint density at radius 3 is 2.41 bits per heavy atom. The van der Waals surface area contributed by atoms with Crippen molar-refractivity contribution in [3.05, 3.63) is 0 Å². The Hall–Kier alpha value is -1.10. The van der Waals surface area contributed by atoms with Gasteiger partial charge in [-0.05, 0) is 27.3 Å². The Morgan fingerprint density at radius 2 is 1.94 bits per heavy atom. The molecule has 1 amide bonds. The number of hydrogen-bond donors (Lipinski definition) is 1. The van der Waals surface area contributed by atoms with Crippen molar-refractivity contribution >= 4 is 11.9 Å². The van der Waals surface area contributed by atoms with Crippen LogP contribution in [0, 0.1) is 0 Å². The standard InChI is InChI=1S/C12H24N2O3/c1-6-9(2)13-12(16)10(3)14(4)8-7-11(15)17-5/h9-10H,6-8H2,1-5H3,(H,13,16). The van der Waals surface area contributed by atoms with Gasteiger partial charge in [0, 0.05) is 12.6 Å². The van der Waals surface area contributed by atoms with E-state index in [1.807, 2.05) is 32.7 Å². The molecule has 0 aliphatic carbocycles.